The summed E-state index contributed by atoms with van der Waals surface area (Å²) in [5.41, 5.74) is 0.988. The molecule has 0 spiro atoms. The molecule has 0 unspecified atom stereocenters. The van der Waals surface area contributed by atoms with Crippen molar-refractivity contribution >= 4 is 11.0 Å². The third-order valence-corrected chi connectivity index (χ3v) is 2.18. The first-order valence-electron chi connectivity index (χ1n) is 4.34. The number of aryl methyl sites for hydroxylation is 1. The minimum absolute atomic E-state index is 0.886. The van der Waals surface area contributed by atoms with Crippen molar-refractivity contribution in [3.05, 3.63) is 24.5 Å². The minimum atomic E-state index is 0.886. The van der Waals surface area contributed by atoms with Crippen molar-refractivity contribution in [3.63, 3.8) is 0 Å². The van der Waals surface area contributed by atoms with Gasteiger partial charge in [-0.1, -0.05) is 0 Å². The van der Waals surface area contributed by atoms with Gasteiger partial charge in [0.1, 0.15) is 11.4 Å². The summed E-state index contributed by atoms with van der Waals surface area (Å²) in [4.78, 5) is 4.30. The predicted molar refractivity (Wildman–Crippen MR) is 52.0 cm³/mol. The van der Waals surface area contributed by atoms with Gasteiger partial charge >= 0.3 is 0 Å². The highest BCUT2D eigenvalue weighted by atomic mass is 16.5. The second kappa shape index (κ2) is 3.09. The SMILES string of the molecule is CCn1ccc2c(OC)ccnc21. The summed E-state index contributed by atoms with van der Waals surface area (Å²) >= 11 is 0. The lowest BCUT2D eigenvalue weighted by Crippen LogP contribution is -1.93. The zero-order valence-electron chi connectivity index (χ0n) is 7.82. The maximum Gasteiger partial charge on any atom is 0.143 e. The normalized spacial score (nSPS) is 10.6. The molecule has 0 aliphatic rings. The van der Waals surface area contributed by atoms with Crippen molar-refractivity contribution in [1.29, 1.82) is 0 Å². The van der Waals surface area contributed by atoms with Crippen molar-refractivity contribution in [2.24, 2.45) is 0 Å². The number of fused-ring (bicyclic) bond motifs is 1. The molecule has 13 heavy (non-hydrogen) atoms. The molecule has 68 valence electrons. The van der Waals surface area contributed by atoms with Gasteiger partial charge in [0.05, 0.1) is 12.5 Å². The maximum atomic E-state index is 5.23. The van der Waals surface area contributed by atoms with Crippen LogP contribution in [-0.4, -0.2) is 16.7 Å². The van der Waals surface area contributed by atoms with Crippen LogP contribution in [0.4, 0.5) is 0 Å². The Morgan fingerprint density at radius 1 is 1.46 bits per heavy atom. The number of pyridine rings is 1. The van der Waals surface area contributed by atoms with Crippen molar-refractivity contribution in [3.8, 4) is 5.75 Å². The zero-order chi connectivity index (χ0) is 9.26. The third kappa shape index (κ3) is 1.16. The number of ether oxygens (including phenoxy) is 1. The van der Waals surface area contributed by atoms with E-state index in [-0.39, 0.29) is 0 Å². The highest BCUT2D eigenvalue weighted by Crippen LogP contribution is 2.23. The van der Waals surface area contributed by atoms with Crippen LogP contribution in [0.5, 0.6) is 5.75 Å². The van der Waals surface area contributed by atoms with E-state index in [0.29, 0.717) is 0 Å². The summed E-state index contributed by atoms with van der Waals surface area (Å²) in [6, 6.07) is 3.91. The number of rotatable bonds is 2. The first kappa shape index (κ1) is 8.10. The van der Waals surface area contributed by atoms with Crippen LogP contribution in [0.25, 0.3) is 11.0 Å². The fourth-order valence-corrected chi connectivity index (χ4v) is 1.50. The van der Waals surface area contributed by atoms with Crippen LogP contribution < -0.4 is 4.74 Å². The molecule has 3 heteroatoms. The van der Waals surface area contributed by atoms with Crippen LogP contribution in [0.2, 0.25) is 0 Å². The van der Waals surface area contributed by atoms with Gasteiger partial charge in [0, 0.05) is 18.9 Å². The lowest BCUT2D eigenvalue weighted by molar-refractivity contribution is 0.419. The van der Waals surface area contributed by atoms with E-state index >= 15 is 0 Å². The second-order valence-corrected chi connectivity index (χ2v) is 2.85. The highest BCUT2D eigenvalue weighted by Gasteiger charge is 2.04. The number of hydrogen-bond donors (Lipinski definition) is 0. The summed E-state index contributed by atoms with van der Waals surface area (Å²) in [6.45, 7) is 3.03. The minimum Gasteiger partial charge on any atom is -0.496 e. The molecule has 0 aliphatic carbocycles. The summed E-state index contributed by atoms with van der Waals surface area (Å²) in [5.74, 6) is 0.886. The molecule has 0 saturated carbocycles. The molecule has 0 atom stereocenters. The molecule has 0 aromatic carbocycles. The van der Waals surface area contributed by atoms with E-state index in [9.17, 15) is 0 Å². The molecular formula is C10H12N2O. The van der Waals surface area contributed by atoms with Crippen LogP contribution in [0.3, 0.4) is 0 Å². The highest BCUT2D eigenvalue weighted by molar-refractivity contribution is 5.82. The van der Waals surface area contributed by atoms with E-state index in [2.05, 4.69) is 16.5 Å². The summed E-state index contributed by atoms with van der Waals surface area (Å²) in [6.07, 6.45) is 3.80. The summed E-state index contributed by atoms with van der Waals surface area (Å²) in [5, 5.41) is 1.08. The van der Waals surface area contributed by atoms with Crippen molar-refractivity contribution in [2.45, 2.75) is 13.5 Å². The Labute approximate surface area is 77.0 Å². The fraction of sp³-hybridized carbons (Fsp3) is 0.300. The van der Waals surface area contributed by atoms with Crippen LogP contribution in [0.1, 0.15) is 6.92 Å². The van der Waals surface area contributed by atoms with Crippen LogP contribution in [-0.2, 0) is 6.54 Å². The quantitative estimate of drug-likeness (QED) is 0.700. The molecule has 2 aromatic rings. The summed E-state index contributed by atoms with van der Waals surface area (Å²) in [7, 11) is 1.68. The van der Waals surface area contributed by atoms with Gasteiger partial charge in [-0.25, -0.2) is 4.98 Å². The average molecular weight is 176 g/mol. The smallest absolute Gasteiger partial charge is 0.143 e. The van der Waals surface area contributed by atoms with Gasteiger partial charge in [-0.2, -0.15) is 0 Å². The van der Waals surface area contributed by atoms with Gasteiger partial charge in [-0.05, 0) is 19.1 Å². The van der Waals surface area contributed by atoms with Crippen molar-refractivity contribution in [2.75, 3.05) is 7.11 Å². The van der Waals surface area contributed by atoms with Crippen molar-refractivity contribution in [1.82, 2.24) is 9.55 Å². The molecule has 0 N–H and O–H groups in total. The van der Waals surface area contributed by atoms with E-state index in [1.165, 1.54) is 0 Å². The maximum absolute atomic E-state index is 5.23. The topological polar surface area (TPSA) is 27.1 Å². The Morgan fingerprint density at radius 2 is 2.31 bits per heavy atom. The molecule has 0 saturated heterocycles. The van der Waals surface area contributed by atoms with Crippen LogP contribution >= 0.6 is 0 Å². The van der Waals surface area contributed by atoms with Gasteiger partial charge < -0.3 is 9.30 Å². The van der Waals surface area contributed by atoms with Gasteiger partial charge in [-0.15, -0.1) is 0 Å². The number of methoxy groups -OCH3 is 1. The largest absolute Gasteiger partial charge is 0.496 e. The van der Waals surface area contributed by atoms with Gasteiger partial charge in [0.15, 0.2) is 0 Å². The molecular weight excluding hydrogens is 164 g/mol. The Balaban J connectivity index is 2.72. The van der Waals surface area contributed by atoms with Crippen LogP contribution in [0.15, 0.2) is 24.5 Å². The molecule has 0 aliphatic heterocycles. The van der Waals surface area contributed by atoms with E-state index < -0.39 is 0 Å². The second-order valence-electron chi connectivity index (χ2n) is 2.85. The average Bonchev–Trinajstić information content (AvgIpc) is 2.60. The first-order chi connectivity index (χ1) is 6.36. The number of hydrogen-bond acceptors (Lipinski definition) is 2. The van der Waals surface area contributed by atoms with E-state index in [1.54, 1.807) is 13.3 Å². The Morgan fingerprint density at radius 3 is 3.00 bits per heavy atom. The molecule has 2 heterocycles. The first-order valence-corrected chi connectivity index (χ1v) is 4.34. The van der Waals surface area contributed by atoms with Gasteiger partial charge in [0.25, 0.3) is 0 Å². The lowest BCUT2D eigenvalue weighted by atomic mass is 10.3. The van der Waals surface area contributed by atoms with E-state index in [4.69, 9.17) is 4.74 Å². The van der Waals surface area contributed by atoms with Gasteiger partial charge in [0.2, 0.25) is 0 Å². The molecule has 2 aromatic heterocycles. The standard InChI is InChI=1S/C10H12N2O/c1-3-12-7-5-8-9(13-2)4-6-11-10(8)12/h4-7H,3H2,1-2H3. The van der Waals surface area contributed by atoms with E-state index in [0.717, 1.165) is 23.3 Å². The van der Waals surface area contributed by atoms with Gasteiger partial charge in [-0.3, -0.25) is 0 Å². The lowest BCUT2D eigenvalue weighted by Gasteiger charge is -2.02. The monoisotopic (exact) mass is 176 g/mol. The fourth-order valence-electron chi connectivity index (χ4n) is 1.50. The summed E-state index contributed by atoms with van der Waals surface area (Å²) < 4.78 is 7.33. The number of nitrogens with zero attached hydrogens (tertiary/aromatic N) is 2. The predicted octanol–water partition coefficient (Wildman–Crippen LogP) is 2.06. The van der Waals surface area contributed by atoms with E-state index in [1.807, 2.05) is 18.3 Å². The molecule has 0 bridgehead atoms. The molecule has 0 fully saturated rings. The third-order valence-electron chi connectivity index (χ3n) is 2.18. The van der Waals surface area contributed by atoms with Crippen molar-refractivity contribution < 1.29 is 4.74 Å². The Hall–Kier alpha value is -1.51. The Bertz CT molecular complexity index is 420. The number of aromatic nitrogens is 2. The molecule has 2 rings (SSSR count). The molecule has 0 radical (unpaired) electrons. The zero-order valence-corrected chi connectivity index (χ0v) is 7.82. The Kier molecular flexibility index (Phi) is 1.93. The van der Waals surface area contributed by atoms with Crippen LogP contribution in [0, 0.1) is 0 Å². The molecule has 3 nitrogen and oxygen atoms in total. The molecule has 0 amide bonds.